The van der Waals surface area contributed by atoms with Gasteiger partial charge in [-0.2, -0.15) is 13.2 Å². The summed E-state index contributed by atoms with van der Waals surface area (Å²) in [5, 5.41) is 12.2. The number of carbonyl (C=O) groups excluding carboxylic acids is 1. The maximum atomic E-state index is 13.2. The summed E-state index contributed by atoms with van der Waals surface area (Å²) in [6.07, 6.45) is 0.811. The van der Waals surface area contributed by atoms with Crippen LogP contribution >= 0.6 is 0 Å². The number of rotatable bonds is 5. The fourth-order valence-electron chi connectivity index (χ4n) is 6.09. The average Bonchev–Trinajstić information content (AvgIpc) is 2.59. The van der Waals surface area contributed by atoms with Crippen LogP contribution in [0.15, 0.2) is 24.3 Å². The predicted molar refractivity (Wildman–Crippen MR) is 95.3 cm³/mol. The van der Waals surface area contributed by atoms with Gasteiger partial charge in [0, 0.05) is 11.8 Å². The number of halogens is 3. The molecule has 7 heteroatoms. The number of hydrogen-bond donors (Lipinski definition) is 2. The molecule has 28 heavy (non-hydrogen) atoms. The maximum Gasteiger partial charge on any atom is 0.416 e. The summed E-state index contributed by atoms with van der Waals surface area (Å²) >= 11 is 0. The van der Waals surface area contributed by atoms with Crippen LogP contribution in [0, 0.1) is 23.2 Å². The number of carbonyl (C=O) groups is 2. The highest BCUT2D eigenvalue weighted by atomic mass is 19.4. The van der Waals surface area contributed by atoms with Crippen molar-refractivity contribution in [2.75, 3.05) is 0 Å². The van der Waals surface area contributed by atoms with Crippen LogP contribution in [0.5, 0.6) is 0 Å². The van der Waals surface area contributed by atoms with Crippen LogP contribution in [-0.2, 0) is 22.2 Å². The fourth-order valence-corrected chi connectivity index (χ4v) is 6.09. The van der Waals surface area contributed by atoms with E-state index in [2.05, 4.69) is 5.32 Å². The van der Waals surface area contributed by atoms with E-state index in [-0.39, 0.29) is 17.9 Å². The van der Waals surface area contributed by atoms with Crippen molar-refractivity contribution < 1.29 is 27.9 Å². The number of benzene rings is 1. The molecule has 4 nitrogen and oxygen atoms in total. The van der Waals surface area contributed by atoms with Gasteiger partial charge in [0.15, 0.2) is 0 Å². The first-order valence-corrected chi connectivity index (χ1v) is 9.85. The lowest BCUT2D eigenvalue weighted by Crippen LogP contribution is -2.56. The standard InChI is InChI=1S/C21H24F3NO3/c22-21(23,24)16-4-2-1-3-15(16)8-17(18(26)27)25-19(28)20-9-12-5-13(10-20)7-14(6-12)11-20/h1-4,12-14,17H,5-11H2,(H,25,28)(H,26,27)/t12?,13?,14?,17-,20?/m0/s1. The normalized spacial score (nSPS) is 32.2. The minimum Gasteiger partial charge on any atom is -0.480 e. The first-order chi connectivity index (χ1) is 13.2. The van der Waals surface area contributed by atoms with Gasteiger partial charge in [0.1, 0.15) is 6.04 Å². The van der Waals surface area contributed by atoms with Crippen molar-refractivity contribution in [1.82, 2.24) is 5.32 Å². The van der Waals surface area contributed by atoms with Gasteiger partial charge in [-0.15, -0.1) is 0 Å². The van der Waals surface area contributed by atoms with Crippen LogP contribution in [0.25, 0.3) is 0 Å². The van der Waals surface area contributed by atoms with Crippen molar-refractivity contribution in [2.24, 2.45) is 23.2 Å². The predicted octanol–water partition coefficient (Wildman–Crippen LogP) is 4.03. The molecule has 2 N–H and O–H groups in total. The van der Waals surface area contributed by atoms with Crippen molar-refractivity contribution in [3.8, 4) is 0 Å². The highest BCUT2D eigenvalue weighted by Gasteiger charge is 2.55. The number of carboxylic acids is 1. The van der Waals surface area contributed by atoms with Crippen LogP contribution in [-0.4, -0.2) is 23.0 Å². The summed E-state index contributed by atoms with van der Waals surface area (Å²) in [7, 11) is 0. The average molecular weight is 395 g/mol. The van der Waals surface area contributed by atoms with Gasteiger partial charge in [0.2, 0.25) is 5.91 Å². The van der Waals surface area contributed by atoms with Crippen molar-refractivity contribution in [2.45, 2.75) is 57.2 Å². The Morgan fingerprint density at radius 3 is 2.11 bits per heavy atom. The Balaban J connectivity index is 1.53. The molecular weight excluding hydrogens is 371 g/mol. The lowest BCUT2D eigenvalue weighted by molar-refractivity contribution is -0.151. The summed E-state index contributed by atoms with van der Waals surface area (Å²) in [5.74, 6) is -0.0396. The molecule has 1 aromatic rings. The van der Waals surface area contributed by atoms with Gasteiger partial charge < -0.3 is 10.4 Å². The van der Waals surface area contributed by atoms with Gasteiger partial charge >= 0.3 is 12.1 Å². The lowest BCUT2D eigenvalue weighted by atomic mass is 9.49. The third kappa shape index (κ3) is 3.51. The zero-order chi connectivity index (χ0) is 20.1. The van der Waals surface area contributed by atoms with E-state index in [9.17, 15) is 27.9 Å². The molecule has 0 saturated heterocycles. The molecule has 4 fully saturated rings. The zero-order valence-electron chi connectivity index (χ0n) is 15.5. The summed E-state index contributed by atoms with van der Waals surface area (Å²) in [6, 6.07) is 3.56. The Morgan fingerprint density at radius 1 is 1.07 bits per heavy atom. The van der Waals surface area contributed by atoms with E-state index in [0.717, 1.165) is 44.6 Å². The van der Waals surface area contributed by atoms with E-state index in [1.807, 2.05) is 0 Å². The smallest absolute Gasteiger partial charge is 0.416 e. The van der Waals surface area contributed by atoms with Gasteiger partial charge in [-0.1, -0.05) is 18.2 Å². The lowest BCUT2D eigenvalue weighted by Gasteiger charge is -2.55. The highest BCUT2D eigenvalue weighted by Crippen LogP contribution is 2.60. The second-order valence-electron chi connectivity index (χ2n) is 8.92. The minimum absolute atomic E-state index is 0.117. The second-order valence-corrected chi connectivity index (χ2v) is 8.92. The largest absolute Gasteiger partial charge is 0.480 e. The third-order valence-corrected chi connectivity index (χ3v) is 6.87. The van der Waals surface area contributed by atoms with E-state index in [1.165, 1.54) is 18.2 Å². The first-order valence-electron chi connectivity index (χ1n) is 9.85. The molecule has 1 atom stereocenters. The van der Waals surface area contributed by atoms with Crippen molar-refractivity contribution >= 4 is 11.9 Å². The summed E-state index contributed by atoms with van der Waals surface area (Å²) in [4.78, 5) is 24.8. The molecule has 0 unspecified atom stereocenters. The SMILES string of the molecule is O=C(O)[C@H](Cc1ccccc1C(F)(F)F)NC(=O)C12CC3CC(CC(C3)C1)C2. The molecule has 1 aromatic carbocycles. The number of nitrogens with one attached hydrogen (secondary N) is 1. The Labute approximate surface area is 161 Å². The number of amides is 1. The Morgan fingerprint density at radius 2 is 1.61 bits per heavy atom. The van der Waals surface area contributed by atoms with Gasteiger partial charge in [0.05, 0.1) is 5.56 Å². The van der Waals surface area contributed by atoms with E-state index in [1.54, 1.807) is 0 Å². The number of hydrogen-bond acceptors (Lipinski definition) is 2. The Hall–Kier alpha value is -2.05. The first kappa shape index (κ1) is 19.3. The van der Waals surface area contributed by atoms with Gasteiger partial charge in [0.25, 0.3) is 0 Å². The Kier molecular flexibility index (Phi) is 4.67. The van der Waals surface area contributed by atoms with Crippen LogP contribution < -0.4 is 5.32 Å². The van der Waals surface area contributed by atoms with Crippen LogP contribution in [0.1, 0.15) is 49.7 Å². The monoisotopic (exact) mass is 395 g/mol. The molecule has 0 spiro atoms. The molecule has 152 valence electrons. The molecular formula is C21H24F3NO3. The molecule has 1 amide bonds. The fraction of sp³-hybridized carbons (Fsp3) is 0.619. The van der Waals surface area contributed by atoms with E-state index < -0.39 is 29.2 Å². The summed E-state index contributed by atoms with van der Waals surface area (Å²) < 4.78 is 39.7. The third-order valence-electron chi connectivity index (χ3n) is 6.87. The molecule has 4 aliphatic carbocycles. The molecule has 0 aromatic heterocycles. The van der Waals surface area contributed by atoms with Crippen LogP contribution in [0.3, 0.4) is 0 Å². The summed E-state index contributed by atoms with van der Waals surface area (Å²) in [5.41, 5.74) is -1.51. The minimum atomic E-state index is -4.57. The van der Waals surface area contributed by atoms with Gasteiger partial charge in [-0.3, -0.25) is 4.79 Å². The number of carboxylic acid groups (broad SMARTS) is 1. The van der Waals surface area contributed by atoms with Crippen LogP contribution in [0.2, 0.25) is 0 Å². The second kappa shape index (κ2) is 6.78. The van der Waals surface area contributed by atoms with Gasteiger partial charge in [-0.05, 0) is 67.9 Å². The summed E-state index contributed by atoms with van der Waals surface area (Å²) in [6.45, 7) is 0. The van der Waals surface area contributed by atoms with Gasteiger partial charge in [-0.25, -0.2) is 4.79 Å². The highest BCUT2D eigenvalue weighted by molar-refractivity contribution is 5.88. The van der Waals surface area contributed by atoms with Crippen LogP contribution in [0.4, 0.5) is 13.2 Å². The Bertz CT molecular complexity index is 754. The quantitative estimate of drug-likeness (QED) is 0.791. The van der Waals surface area contributed by atoms with E-state index in [0.29, 0.717) is 17.8 Å². The molecule has 5 rings (SSSR count). The maximum absolute atomic E-state index is 13.2. The topological polar surface area (TPSA) is 66.4 Å². The van der Waals surface area contributed by atoms with E-state index in [4.69, 9.17) is 0 Å². The molecule has 0 heterocycles. The van der Waals surface area contributed by atoms with Crippen molar-refractivity contribution in [3.05, 3.63) is 35.4 Å². The molecule has 0 radical (unpaired) electrons. The molecule has 4 aliphatic rings. The molecule has 0 aliphatic heterocycles. The molecule has 4 saturated carbocycles. The van der Waals surface area contributed by atoms with Crippen molar-refractivity contribution in [3.63, 3.8) is 0 Å². The molecule has 4 bridgehead atoms. The number of aliphatic carboxylic acids is 1. The number of alkyl halides is 3. The van der Waals surface area contributed by atoms with E-state index >= 15 is 0 Å². The van der Waals surface area contributed by atoms with Crippen molar-refractivity contribution in [1.29, 1.82) is 0 Å². The zero-order valence-corrected chi connectivity index (χ0v) is 15.5.